The third-order valence-corrected chi connectivity index (χ3v) is 7.88. The van der Waals surface area contributed by atoms with Gasteiger partial charge in [-0.25, -0.2) is 4.39 Å². The van der Waals surface area contributed by atoms with E-state index in [4.69, 9.17) is 12.2 Å². The topological polar surface area (TPSA) is 55.8 Å². The highest BCUT2D eigenvalue weighted by molar-refractivity contribution is 7.80. The van der Waals surface area contributed by atoms with Gasteiger partial charge in [0.25, 0.3) is 0 Å². The van der Waals surface area contributed by atoms with E-state index in [-0.39, 0.29) is 23.8 Å². The number of aliphatic hydroxyl groups is 1. The number of aliphatic hydroxyl groups excluding tert-OH is 1. The van der Waals surface area contributed by atoms with Crippen molar-refractivity contribution >= 4 is 28.9 Å². The SMILES string of the molecule is C[C@H](O)[C@@H]1C(=O)N2CCc3ccc(-c4ccccc4)cc3[C@@H]2C[C@@H]1N(C)C(=S)Nc1ccc(F)cc1. The number of halogens is 1. The van der Waals surface area contributed by atoms with Crippen LogP contribution in [0.4, 0.5) is 10.1 Å². The average molecular weight is 504 g/mol. The summed E-state index contributed by atoms with van der Waals surface area (Å²) in [5.74, 6) is -0.964. The second-order valence-electron chi connectivity index (χ2n) is 9.69. The van der Waals surface area contributed by atoms with Crippen molar-refractivity contribution in [2.45, 2.75) is 38.0 Å². The molecule has 0 spiro atoms. The van der Waals surface area contributed by atoms with Crippen LogP contribution in [0.5, 0.6) is 0 Å². The van der Waals surface area contributed by atoms with Crippen LogP contribution in [0.25, 0.3) is 11.1 Å². The molecule has 2 aliphatic rings. The Hall–Kier alpha value is -3.29. The molecule has 1 saturated heterocycles. The molecule has 2 N–H and O–H groups in total. The van der Waals surface area contributed by atoms with E-state index in [0.717, 1.165) is 23.1 Å². The fraction of sp³-hybridized carbons (Fsp3) is 0.310. The fourth-order valence-corrected chi connectivity index (χ4v) is 5.83. The molecule has 36 heavy (non-hydrogen) atoms. The maximum absolute atomic E-state index is 13.7. The summed E-state index contributed by atoms with van der Waals surface area (Å²) in [6.07, 6.45) is 0.620. The first kappa shape index (κ1) is 24.4. The van der Waals surface area contributed by atoms with Gasteiger partial charge in [-0.15, -0.1) is 0 Å². The summed E-state index contributed by atoms with van der Waals surface area (Å²) in [6.45, 7) is 2.31. The molecule has 7 heteroatoms. The van der Waals surface area contributed by atoms with Crippen LogP contribution in [-0.4, -0.2) is 51.7 Å². The van der Waals surface area contributed by atoms with Crippen molar-refractivity contribution in [2.75, 3.05) is 18.9 Å². The molecule has 5 rings (SSSR count). The number of nitrogens with one attached hydrogen (secondary N) is 1. The number of carbonyl (C=O) groups is 1. The van der Waals surface area contributed by atoms with Crippen molar-refractivity contribution < 1.29 is 14.3 Å². The van der Waals surface area contributed by atoms with Crippen molar-refractivity contribution in [1.29, 1.82) is 0 Å². The largest absolute Gasteiger partial charge is 0.393 e. The van der Waals surface area contributed by atoms with Gasteiger partial charge >= 0.3 is 0 Å². The minimum atomic E-state index is -0.823. The number of benzene rings is 3. The first-order chi connectivity index (χ1) is 17.3. The molecule has 0 unspecified atom stereocenters. The molecule has 2 aliphatic heterocycles. The van der Waals surface area contributed by atoms with Crippen LogP contribution in [0.1, 0.15) is 30.5 Å². The van der Waals surface area contributed by atoms with E-state index < -0.39 is 12.0 Å². The van der Waals surface area contributed by atoms with Crippen molar-refractivity contribution in [3.63, 3.8) is 0 Å². The van der Waals surface area contributed by atoms with Gasteiger partial charge in [-0.05, 0) is 84.6 Å². The van der Waals surface area contributed by atoms with Gasteiger partial charge in [0.2, 0.25) is 5.91 Å². The van der Waals surface area contributed by atoms with Gasteiger partial charge in [0.15, 0.2) is 5.11 Å². The summed E-state index contributed by atoms with van der Waals surface area (Å²) >= 11 is 5.67. The number of carbonyl (C=O) groups excluding carboxylic acids is 1. The second-order valence-corrected chi connectivity index (χ2v) is 10.1. The van der Waals surface area contributed by atoms with E-state index in [1.807, 2.05) is 35.0 Å². The van der Waals surface area contributed by atoms with E-state index in [9.17, 15) is 14.3 Å². The highest BCUT2D eigenvalue weighted by atomic mass is 32.1. The highest BCUT2D eigenvalue weighted by Gasteiger charge is 2.48. The molecule has 0 aromatic heterocycles. The number of piperidine rings is 1. The van der Waals surface area contributed by atoms with E-state index in [1.54, 1.807) is 19.1 Å². The van der Waals surface area contributed by atoms with Crippen LogP contribution in [0, 0.1) is 11.7 Å². The van der Waals surface area contributed by atoms with E-state index in [2.05, 4.69) is 35.6 Å². The lowest BCUT2D eigenvalue weighted by molar-refractivity contribution is -0.151. The van der Waals surface area contributed by atoms with Crippen LogP contribution >= 0.6 is 12.2 Å². The van der Waals surface area contributed by atoms with Crippen LogP contribution in [0.3, 0.4) is 0 Å². The Bertz CT molecular complexity index is 1270. The number of hydrogen-bond donors (Lipinski definition) is 2. The van der Waals surface area contributed by atoms with Gasteiger partial charge in [0.1, 0.15) is 5.82 Å². The highest BCUT2D eigenvalue weighted by Crippen LogP contribution is 2.43. The zero-order valence-corrected chi connectivity index (χ0v) is 21.2. The summed E-state index contributed by atoms with van der Waals surface area (Å²) in [4.78, 5) is 17.5. The lowest BCUT2D eigenvalue weighted by atomic mass is 9.77. The normalized spacial score (nSPS) is 21.8. The Balaban J connectivity index is 1.46. The molecule has 1 amide bonds. The van der Waals surface area contributed by atoms with Crippen LogP contribution in [0.15, 0.2) is 72.8 Å². The lowest BCUT2D eigenvalue weighted by Crippen LogP contribution is -2.60. The molecule has 3 aromatic carbocycles. The predicted molar refractivity (Wildman–Crippen MR) is 144 cm³/mol. The molecule has 186 valence electrons. The maximum Gasteiger partial charge on any atom is 0.230 e. The quantitative estimate of drug-likeness (QED) is 0.490. The maximum atomic E-state index is 13.7. The third kappa shape index (κ3) is 4.61. The Kier molecular flexibility index (Phi) is 6.77. The van der Waals surface area contributed by atoms with Gasteiger partial charge in [-0.1, -0.05) is 42.5 Å². The first-order valence-corrected chi connectivity index (χ1v) is 12.7. The van der Waals surface area contributed by atoms with Crippen LogP contribution < -0.4 is 5.32 Å². The smallest absolute Gasteiger partial charge is 0.230 e. The molecule has 2 heterocycles. The summed E-state index contributed by atoms with van der Waals surface area (Å²) in [5.41, 5.74) is 5.35. The number of thiocarbonyl (C=S) groups is 1. The van der Waals surface area contributed by atoms with Crippen molar-refractivity contribution in [3.8, 4) is 11.1 Å². The molecule has 0 saturated carbocycles. The summed E-state index contributed by atoms with van der Waals surface area (Å²) < 4.78 is 13.3. The predicted octanol–water partition coefficient (Wildman–Crippen LogP) is 5.02. The van der Waals surface area contributed by atoms with Gasteiger partial charge in [-0.2, -0.15) is 0 Å². The fourth-order valence-electron chi connectivity index (χ4n) is 5.58. The average Bonchev–Trinajstić information content (AvgIpc) is 2.89. The monoisotopic (exact) mass is 503 g/mol. The molecule has 0 radical (unpaired) electrons. The second kappa shape index (κ2) is 9.99. The van der Waals surface area contributed by atoms with Crippen molar-refractivity contribution in [3.05, 3.63) is 89.7 Å². The molecule has 1 fully saturated rings. The number of hydrogen-bond acceptors (Lipinski definition) is 3. The number of fused-ring (bicyclic) bond motifs is 3. The number of nitrogens with zero attached hydrogens (tertiary/aromatic N) is 2. The molecule has 3 aromatic rings. The lowest BCUT2D eigenvalue weighted by Gasteiger charge is -2.50. The minimum Gasteiger partial charge on any atom is -0.393 e. The molecule has 5 nitrogen and oxygen atoms in total. The Morgan fingerprint density at radius 1 is 1.11 bits per heavy atom. The van der Waals surface area contributed by atoms with Crippen molar-refractivity contribution in [2.24, 2.45) is 5.92 Å². The molecule has 4 atom stereocenters. The van der Waals surface area contributed by atoms with Gasteiger partial charge in [0, 0.05) is 25.3 Å². The van der Waals surface area contributed by atoms with Crippen LogP contribution in [-0.2, 0) is 11.2 Å². The van der Waals surface area contributed by atoms with Gasteiger partial charge in [-0.3, -0.25) is 4.79 Å². The third-order valence-electron chi connectivity index (χ3n) is 7.49. The Morgan fingerprint density at radius 3 is 2.53 bits per heavy atom. The number of amides is 1. The number of anilines is 1. The first-order valence-electron chi connectivity index (χ1n) is 12.3. The standard InChI is InChI=1S/C29H30FN3O2S/c1-18(34)27-26(32(2)29(36)31-23-12-10-22(30)11-13-23)17-25-24-16-21(19-6-4-3-5-7-19)9-8-20(24)14-15-33(25)28(27)35/h3-13,16,18,25-27,34H,14-15,17H2,1-2H3,(H,31,36)/t18-,25-,26-,27-/m0/s1. The zero-order valence-electron chi connectivity index (χ0n) is 20.4. The van der Waals surface area contributed by atoms with Crippen molar-refractivity contribution in [1.82, 2.24) is 9.80 Å². The van der Waals surface area contributed by atoms with E-state index >= 15 is 0 Å². The molecule has 0 aliphatic carbocycles. The molecular weight excluding hydrogens is 473 g/mol. The summed E-state index contributed by atoms with van der Waals surface area (Å²) in [6, 6.07) is 22.4. The molecular formula is C29H30FN3O2S. The van der Waals surface area contributed by atoms with E-state index in [0.29, 0.717) is 23.8 Å². The Labute approximate surface area is 216 Å². The minimum absolute atomic E-state index is 0.0431. The van der Waals surface area contributed by atoms with Crippen LogP contribution in [0.2, 0.25) is 0 Å². The van der Waals surface area contributed by atoms with Gasteiger partial charge in [0.05, 0.1) is 18.1 Å². The number of rotatable bonds is 4. The van der Waals surface area contributed by atoms with Gasteiger partial charge < -0.3 is 20.2 Å². The Morgan fingerprint density at radius 2 is 1.83 bits per heavy atom. The zero-order chi connectivity index (χ0) is 25.4. The summed E-state index contributed by atoms with van der Waals surface area (Å²) in [5, 5.41) is 14.2. The molecule has 0 bridgehead atoms. The van der Waals surface area contributed by atoms with E-state index in [1.165, 1.54) is 17.7 Å². The summed E-state index contributed by atoms with van der Waals surface area (Å²) in [7, 11) is 1.85.